The van der Waals surface area contributed by atoms with Crippen LogP contribution in [0.15, 0.2) is 24.3 Å². The number of amides is 1. The van der Waals surface area contributed by atoms with E-state index in [0.29, 0.717) is 12.0 Å². The van der Waals surface area contributed by atoms with Crippen molar-refractivity contribution in [2.45, 2.75) is 25.2 Å². The summed E-state index contributed by atoms with van der Waals surface area (Å²) in [4.78, 5) is 24.9. The Morgan fingerprint density at radius 2 is 1.92 bits per heavy atom. The molecule has 1 heterocycles. The third-order valence-electron chi connectivity index (χ3n) is 4.69. The highest BCUT2D eigenvalue weighted by Gasteiger charge is 2.28. The number of carbonyl (C=O) groups is 2. The van der Waals surface area contributed by atoms with Gasteiger partial charge in [-0.3, -0.25) is 9.48 Å². The van der Waals surface area contributed by atoms with Gasteiger partial charge in [-0.15, -0.1) is 0 Å². The first-order valence-corrected chi connectivity index (χ1v) is 7.98. The number of aryl methyl sites for hydroxylation is 1. The van der Waals surface area contributed by atoms with Gasteiger partial charge in [-0.25, -0.2) is 4.79 Å². The molecule has 1 aliphatic carbocycles. The molecule has 0 aliphatic heterocycles. The second-order valence-corrected chi connectivity index (χ2v) is 6.46. The van der Waals surface area contributed by atoms with Crippen molar-refractivity contribution in [1.82, 2.24) is 14.7 Å². The molecule has 0 bridgehead atoms. The van der Waals surface area contributed by atoms with Crippen LogP contribution in [0.4, 0.5) is 0 Å². The van der Waals surface area contributed by atoms with E-state index in [1.807, 2.05) is 24.3 Å². The van der Waals surface area contributed by atoms with E-state index in [1.165, 1.54) is 0 Å². The molecule has 0 unspecified atom stereocenters. The van der Waals surface area contributed by atoms with Gasteiger partial charge >= 0.3 is 5.97 Å². The molecular weight excluding hydrogens is 306 g/mol. The van der Waals surface area contributed by atoms with Crippen molar-refractivity contribution < 1.29 is 14.7 Å². The first-order valence-electron chi connectivity index (χ1n) is 7.98. The topological polar surface area (TPSA) is 75.4 Å². The summed E-state index contributed by atoms with van der Waals surface area (Å²) in [6.45, 7) is 0. The van der Waals surface area contributed by atoms with Crippen molar-refractivity contribution in [1.29, 1.82) is 0 Å². The average molecular weight is 327 g/mol. The number of benzene rings is 1. The van der Waals surface area contributed by atoms with Crippen molar-refractivity contribution in [2.75, 3.05) is 14.1 Å². The number of carboxylic acids is 1. The van der Waals surface area contributed by atoms with Crippen molar-refractivity contribution in [3.8, 4) is 0 Å². The van der Waals surface area contributed by atoms with Crippen molar-refractivity contribution >= 4 is 11.9 Å². The summed E-state index contributed by atoms with van der Waals surface area (Å²) in [6.07, 6.45) is 2.44. The number of carboxylic acid groups (broad SMARTS) is 1. The van der Waals surface area contributed by atoms with Gasteiger partial charge in [-0.2, -0.15) is 5.10 Å². The van der Waals surface area contributed by atoms with Crippen LogP contribution in [0.1, 0.15) is 50.0 Å². The molecule has 1 aliphatic rings. The minimum absolute atomic E-state index is 0.0205. The molecule has 1 atom stereocenters. The van der Waals surface area contributed by atoms with Crippen LogP contribution >= 0.6 is 0 Å². The molecule has 0 spiro atoms. The van der Waals surface area contributed by atoms with E-state index < -0.39 is 5.97 Å². The molecule has 0 radical (unpaired) electrons. The van der Waals surface area contributed by atoms with Gasteiger partial charge in [0.2, 0.25) is 0 Å². The fourth-order valence-corrected chi connectivity index (χ4v) is 3.40. The number of aromatic carboxylic acids is 1. The largest absolute Gasteiger partial charge is 0.476 e. The van der Waals surface area contributed by atoms with Crippen molar-refractivity contribution in [2.24, 2.45) is 7.05 Å². The number of carbonyl (C=O) groups excluding carboxylic acids is 1. The zero-order valence-corrected chi connectivity index (χ0v) is 14.1. The zero-order chi connectivity index (χ0) is 17.4. The van der Waals surface area contributed by atoms with Gasteiger partial charge in [0.25, 0.3) is 5.91 Å². The Bertz CT molecular complexity index is 791. The lowest BCUT2D eigenvalue weighted by Gasteiger charge is -2.23. The Morgan fingerprint density at radius 3 is 2.50 bits per heavy atom. The van der Waals surface area contributed by atoms with Crippen LogP contribution in [0.2, 0.25) is 0 Å². The fourth-order valence-electron chi connectivity index (χ4n) is 3.40. The molecule has 2 aromatic rings. The summed E-state index contributed by atoms with van der Waals surface area (Å²) < 4.78 is 1.69. The van der Waals surface area contributed by atoms with Crippen molar-refractivity contribution in [3.63, 3.8) is 0 Å². The molecule has 6 heteroatoms. The molecule has 126 valence electrons. The standard InChI is InChI=1S/C18H21N3O3/c1-20(2)17(22)12-6-4-11(5-7-12)13-8-9-15-14(10-13)16(18(23)24)19-21(15)3/h4-7,13H,8-10H2,1-3H3,(H,23,24)/t13-/m0/s1. The van der Waals surface area contributed by atoms with E-state index in [-0.39, 0.29) is 17.5 Å². The molecule has 1 amide bonds. The quantitative estimate of drug-likeness (QED) is 0.936. The maximum Gasteiger partial charge on any atom is 0.356 e. The van der Waals surface area contributed by atoms with Crippen LogP contribution in [0.5, 0.6) is 0 Å². The third-order valence-corrected chi connectivity index (χ3v) is 4.69. The molecule has 0 fully saturated rings. The number of hydrogen-bond acceptors (Lipinski definition) is 3. The Balaban J connectivity index is 1.85. The molecule has 0 saturated carbocycles. The van der Waals surface area contributed by atoms with Gasteiger partial charge < -0.3 is 10.0 Å². The summed E-state index contributed by atoms with van der Waals surface area (Å²) in [6, 6.07) is 7.63. The Morgan fingerprint density at radius 1 is 1.25 bits per heavy atom. The average Bonchev–Trinajstić information content (AvgIpc) is 2.91. The predicted molar refractivity (Wildman–Crippen MR) is 89.4 cm³/mol. The second-order valence-electron chi connectivity index (χ2n) is 6.46. The number of nitrogens with zero attached hydrogens (tertiary/aromatic N) is 3. The molecule has 1 aromatic heterocycles. The SMILES string of the molecule is CN(C)C(=O)c1ccc([C@H]2CCc3c(c(C(=O)O)nn3C)C2)cc1. The first kappa shape index (κ1) is 16.2. The lowest BCUT2D eigenvalue weighted by molar-refractivity contribution is 0.0687. The van der Waals surface area contributed by atoms with E-state index >= 15 is 0 Å². The van der Waals surface area contributed by atoms with E-state index in [4.69, 9.17) is 0 Å². The fraction of sp³-hybridized carbons (Fsp3) is 0.389. The lowest BCUT2D eigenvalue weighted by Crippen LogP contribution is -2.21. The van der Waals surface area contributed by atoms with Gasteiger partial charge in [0.05, 0.1) is 0 Å². The maximum atomic E-state index is 12.0. The molecule has 1 aromatic carbocycles. The van der Waals surface area contributed by atoms with E-state index in [0.717, 1.165) is 29.7 Å². The summed E-state index contributed by atoms with van der Waals surface area (Å²) in [7, 11) is 5.26. The van der Waals surface area contributed by atoms with Gasteiger partial charge in [0.1, 0.15) is 0 Å². The van der Waals surface area contributed by atoms with Gasteiger partial charge in [0, 0.05) is 38.0 Å². The number of hydrogen-bond donors (Lipinski definition) is 1. The normalized spacial score (nSPS) is 16.5. The highest BCUT2D eigenvalue weighted by atomic mass is 16.4. The Hall–Kier alpha value is -2.63. The maximum absolute atomic E-state index is 12.0. The van der Waals surface area contributed by atoms with Crippen molar-refractivity contribution in [3.05, 3.63) is 52.3 Å². The second kappa shape index (κ2) is 6.11. The van der Waals surface area contributed by atoms with Gasteiger partial charge in [-0.1, -0.05) is 12.1 Å². The van der Waals surface area contributed by atoms with Crippen LogP contribution in [0, 0.1) is 0 Å². The number of rotatable bonds is 3. The van der Waals surface area contributed by atoms with Crippen LogP contribution in [-0.2, 0) is 19.9 Å². The first-order chi connectivity index (χ1) is 11.4. The van der Waals surface area contributed by atoms with Crippen LogP contribution < -0.4 is 0 Å². The number of fused-ring (bicyclic) bond motifs is 1. The lowest BCUT2D eigenvalue weighted by atomic mass is 9.81. The van der Waals surface area contributed by atoms with E-state index in [1.54, 1.807) is 30.7 Å². The molecule has 24 heavy (non-hydrogen) atoms. The minimum atomic E-state index is -0.973. The van der Waals surface area contributed by atoms with E-state index in [9.17, 15) is 14.7 Å². The third kappa shape index (κ3) is 2.79. The highest BCUT2D eigenvalue weighted by Crippen LogP contribution is 2.34. The van der Waals surface area contributed by atoms with E-state index in [2.05, 4.69) is 5.10 Å². The molecule has 6 nitrogen and oxygen atoms in total. The Labute approximate surface area is 140 Å². The Kier molecular flexibility index (Phi) is 4.13. The minimum Gasteiger partial charge on any atom is -0.476 e. The highest BCUT2D eigenvalue weighted by molar-refractivity contribution is 5.93. The molecule has 1 N–H and O–H groups in total. The van der Waals surface area contributed by atoms with Gasteiger partial charge in [-0.05, 0) is 42.9 Å². The van der Waals surface area contributed by atoms with Gasteiger partial charge in [0.15, 0.2) is 5.69 Å². The van der Waals surface area contributed by atoms with Crippen LogP contribution in [0.25, 0.3) is 0 Å². The summed E-state index contributed by atoms with van der Waals surface area (Å²) in [5, 5.41) is 13.5. The molecular formula is C18H21N3O3. The molecule has 0 saturated heterocycles. The monoisotopic (exact) mass is 327 g/mol. The zero-order valence-electron chi connectivity index (χ0n) is 14.1. The number of aromatic nitrogens is 2. The molecule has 3 rings (SSSR count). The summed E-state index contributed by atoms with van der Waals surface area (Å²) >= 11 is 0. The van der Waals surface area contributed by atoms with Crippen LogP contribution in [-0.4, -0.2) is 45.8 Å². The van der Waals surface area contributed by atoms with Crippen LogP contribution in [0.3, 0.4) is 0 Å². The summed E-state index contributed by atoms with van der Waals surface area (Å²) in [5.74, 6) is -0.740. The smallest absolute Gasteiger partial charge is 0.356 e. The summed E-state index contributed by atoms with van der Waals surface area (Å²) in [5.41, 5.74) is 3.82. The predicted octanol–water partition coefficient (Wildman–Crippen LogP) is 2.09.